The van der Waals surface area contributed by atoms with Gasteiger partial charge in [0.2, 0.25) is 5.88 Å². The molecular formula is C18H24N4O. The first-order chi connectivity index (χ1) is 10.9. The molecule has 0 amide bonds. The molecule has 2 heterocycles. The Morgan fingerprint density at radius 3 is 2.83 bits per heavy atom. The van der Waals surface area contributed by atoms with Crippen LogP contribution in [0.4, 0.5) is 0 Å². The Kier molecular flexibility index (Phi) is 2.91. The van der Waals surface area contributed by atoms with Crippen LogP contribution in [0.3, 0.4) is 0 Å². The average Bonchev–Trinajstić information content (AvgIpc) is 3.04. The number of aromatic nitrogens is 4. The summed E-state index contributed by atoms with van der Waals surface area (Å²) in [5.74, 6) is 1.33. The van der Waals surface area contributed by atoms with Crippen LogP contribution in [-0.2, 0) is 12.5 Å². The fourth-order valence-electron chi connectivity index (χ4n) is 4.61. The summed E-state index contributed by atoms with van der Waals surface area (Å²) in [4.78, 5) is 0. The number of aryl methyl sites for hydroxylation is 1. The van der Waals surface area contributed by atoms with E-state index in [1.54, 1.807) is 4.68 Å². The van der Waals surface area contributed by atoms with Crippen molar-refractivity contribution in [2.75, 3.05) is 6.61 Å². The topological polar surface area (TPSA) is 52.8 Å². The van der Waals surface area contributed by atoms with Crippen LogP contribution in [0.2, 0.25) is 0 Å². The fourth-order valence-corrected chi connectivity index (χ4v) is 4.61. The third-order valence-corrected chi connectivity index (χ3v) is 6.39. The van der Waals surface area contributed by atoms with Gasteiger partial charge >= 0.3 is 0 Å². The van der Waals surface area contributed by atoms with Crippen molar-refractivity contribution in [3.05, 3.63) is 23.5 Å². The predicted octanol–water partition coefficient (Wildman–Crippen LogP) is 3.45. The zero-order chi connectivity index (χ0) is 16.4. The molecule has 1 saturated carbocycles. The maximum atomic E-state index is 5.74. The van der Waals surface area contributed by atoms with Crippen LogP contribution in [0.1, 0.15) is 57.7 Å². The van der Waals surface area contributed by atoms with E-state index < -0.39 is 0 Å². The Balaban J connectivity index is 1.84. The molecule has 2 aliphatic carbocycles. The molecule has 23 heavy (non-hydrogen) atoms. The van der Waals surface area contributed by atoms with E-state index in [1.165, 1.54) is 24.1 Å². The fraction of sp³-hybridized carbons (Fsp3) is 0.611. The van der Waals surface area contributed by atoms with Crippen molar-refractivity contribution in [1.29, 1.82) is 0 Å². The van der Waals surface area contributed by atoms with Gasteiger partial charge in [-0.2, -0.15) is 10.2 Å². The van der Waals surface area contributed by atoms with Gasteiger partial charge in [-0.3, -0.25) is 0 Å². The Morgan fingerprint density at radius 2 is 2.09 bits per heavy atom. The molecule has 2 aromatic heterocycles. The molecule has 2 aromatic rings. The van der Waals surface area contributed by atoms with Crippen molar-refractivity contribution in [1.82, 2.24) is 20.0 Å². The van der Waals surface area contributed by atoms with Crippen molar-refractivity contribution < 1.29 is 4.74 Å². The normalized spacial score (nSPS) is 27.3. The summed E-state index contributed by atoms with van der Waals surface area (Å²) in [5.41, 5.74) is 4.77. The lowest BCUT2D eigenvalue weighted by Crippen LogP contribution is -2.32. The molecule has 5 heteroatoms. The summed E-state index contributed by atoms with van der Waals surface area (Å²) in [6, 6.07) is 2.22. The first kappa shape index (κ1) is 14.7. The molecule has 5 nitrogen and oxygen atoms in total. The van der Waals surface area contributed by atoms with E-state index in [-0.39, 0.29) is 10.8 Å². The quantitative estimate of drug-likeness (QED) is 0.871. The summed E-state index contributed by atoms with van der Waals surface area (Å²) in [5, 5.41) is 13.5. The lowest BCUT2D eigenvalue weighted by Gasteiger charge is -2.33. The molecule has 0 saturated heterocycles. The number of hydrogen-bond acceptors (Lipinski definition) is 4. The van der Waals surface area contributed by atoms with Gasteiger partial charge in [0.05, 0.1) is 24.1 Å². The largest absolute Gasteiger partial charge is 0.478 e. The molecule has 0 aliphatic heterocycles. The Labute approximate surface area is 137 Å². The number of hydrogen-bond donors (Lipinski definition) is 0. The zero-order valence-corrected chi connectivity index (χ0v) is 14.6. The van der Waals surface area contributed by atoms with Crippen LogP contribution in [-0.4, -0.2) is 26.6 Å². The highest BCUT2D eigenvalue weighted by atomic mass is 16.5. The summed E-state index contributed by atoms with van der Waals surface area (Å²) in [7, 11) is 1.89. The van der Waals surface area contributed by atoms with Gasteiger partial charge in [0.15, 0.2) is 0 Å². The summed E-state index contributed by atoms with van der Waals surface area (Å²) in [6.07, 6.45) is 4.28. The SMILES string of the molecule is CCOc1c(-c2cc3c(nn2)[C@@]2(C)CC[C@@H]3C2(C)C)cnn1C. The third-order valence-electron chi connectivity index (χ3n) is 6.39. The van der Waals surface area contributed by atoms with Crippen LogP contribution in [0.5, 0.6) is 5.88 Å². The van der Waals surface area contributed by atoms with Crippen LogP contribution in [0.15, 0.2) is 12.3 Å². The highest BCUT2D eigenvalue weighted by Gasteiger charge is 2.60. The highest BCUT2D eigenvalue weighted by Crippen LogP contribution is 2.67. The first-order valence-electron chi connectivity index (χ1n) is 8.43. The molecule has 1 fully saturated rings. The molecule has 0 radical (unpaired) electrons. The number of fused-ring (bicyclic) bond motifs is 5. The molecule has 0 unspecified atom stereocenters. The molecule has 0 N–H and O–H groups in total. The van der Waals surface area contributed by atoms with E-state index in [2.05, 4.69) is 42.1 Å². The Hall–Kier alpha value is -1.91. The van der Waals surface area contributed by atoms with E-state index in [1.807, 2.05) is 20.2 Å². The lowest BCUT2D eigenvalue weighted by molar-refractivity contribution is 0.226. The van der Waals surface area contributed by atoms with Crippen LogP contribution in [0, 0.1) is 5.41 Å². The summed E-state index contributed by atoms with van der Waals surface area (Å²) < 4.78 is 7.49. The molecule has 122 valence electrons. The molecule has 0 aromatic carbocycles. The van der Waals surface area contributed by atoms with Gasteiger partial charge in [-0.05, 0) is 42.7 Å². The minimum atomic E-state index is 0.149. The van der Waals surface area contributed by atoms with Gasteiger partial charge in [0, 0.05) is 12.5 Å². The number of ether oxygens (including phenoxy) is 1. The lowest BCUT2D eigenvalue weighted by atomic mass is 9.70. The van der Waals surface area contributed by atoms with Gasteiger partial charge < -0.3 is 4.74 Å². The minimum absolute atomic E-state index is 0.149. The van der Waals surface area contributed by atoms with E-state index in [4.69, 9.17) is 4.74 Å². The van der Waals surface area contributed by atoms with Gasteiger partial charge in [-0.25, -0.2) is 4.68 Å². The molecule has 2 bridgehead atoms. The Bertz CT molecular complexity index is 779. The van der Waals surface area contributed by atoms with Crippen molar-refractivity contribution in [3.8, 4) is 17.1 Å². The van der Waals surface area contributed by atoms with E-state index >= 15 is 0 Å². The van der Waals surface area contributed by atoms with Gasteiger partial charge in [0.25, 0.3) is 0 Å². The second kappa shape index (κ2) is 4.56. The smallest absolute Gasteiger partial charge is 0.221 e. The molecule has 2 aliphatic rings. The van der Waals surface area contributed by atoms with Crippen LogP contribution in [0.25, 0.3) is 11.3 Å². The number of nitrogens with zero attached hydrogens (tertiary/aromatic N) is 4. The van der Waals surface area contributed by atoms with E-state index in [0.717, 1.165) is 17.1 Å². The van der Waals surface area contributed by atoms with Gasteiger partial charge in [0.1, 0.15) is 5.69 Å². The van der Waals surface area contributed by atoms with Gasteiger partial charge in [-0.1, -0.05) is 20.8 Å². The second-order valence-electron chi connectivity index (χ2n) is 7.60. The standard InChI is InChI=1S/C18H24N4O/c1-6-23-16-12(10-19-22(16)5)14-9-11-13-7-8-18(4,17(13,2)3)15(11)21-20-14/h9-10,13H,6-8H2,1-5H3/t13-,18+/m0/s1. The maximum absolute atomic E-state index is 5.74. The number of rotatable bonds is 3. The second-order valence-corrected chi connectivity index (χ2v) is 7.60. The summed E-state index contributed by atoms with van der Waals surface area (Å²) in [6.45, 7) is 9.69. The molecule has 4 rings (SSSR count). The zero-order valence-electron chi connectivity index (χ0n) is 14.6. The molecule has 2 atom stereocenters. The van der Waals surface area contributed by atoms with E-state index in [0.29, 0.717) is 12.5 Å². The Morgan fingerprint density at radius 1 is 1.30 bits per heavy atom. The van der Waals surface area contributed by atoms with Gasteiger partial charge in [-0.15, -0.1) is 5.10 Å². The average molecular weight is 312 g/mol. The van der Waals surface area contributed by atoms with Crippen molar-refractivity contribution in [2.45, 2.75) is 51.9 Å². The third kappa shape index (κ3) is 1.71. The minimum Gasteiger partial charge on any atom is -0.478 e. The molecular weight excluding hydrogens is 288 g/mol. The maximum Gasteiger partial charge on any atom is 0.221 e. The van der Waals surface area contributed by atoms with Crippen molar-refractivity contribution in [3.63, 3.8) is 0 Å². The van der Waals surface area contributed by atoms with Crippen LogP contribution < -0.4 is 4.74 Å². The van der Waals surface area contributed by atoms with Crippen molar-refractivity contribution in [2.24, 2.45) is 12.5 Å². The van der Waals surface area contributed by atoms with E-state index in [9.17, 15) is 0 Å². The monoisotopic (exact) mass is 312 g/mol. The van der Waals surface area contributed by atoms with Crippen LogP contribution >= 0.6 is 0 Å². The first-order valence-corrected chi connectivity index (χ1v) is 8.43. The highest BCUT2D eigenvalue weighted by molar-refractivity contribution is 5.66. The molecule has 0 spiro atoms. The predicted molar refractivity (Wildman–Crippen MR) is 88.5 cm³/mol. The van der Waals surface area contributed by atoms with Crippen molar-refractivity contribution >= 4 is 0 Å². The summed E-state index contributed by atoms with van der Waals surface area (Å²) >= 11 is 0.